The molecular formula is C16H23N3O3. The van der Waals surface area contributed by atoms with Gasteiger partial charge in [-0.05, 0) is 43.9 Å². The van der Waals surface area contributed by atoms with Gasteiger partial charge in [0.05, 0.1) is 6.04 Å². The Bertz CT molecular complexity index is 510. The molecule has 22 heavy (non-hydrogen) atoms. The van der Waals surface area contributed by atoms with Crippen LogP contribution in [0.15, 0.2) is 24.3 Å². The minimum absolute atomic E-state index is 0.0420. The molecule has 1 atom stereocenters. The second-order valence-corrected chi connectivity index (χ2v) is 5.60. The highest BCUT2D eigenvalue weighted by molar-refractivity contribution is 5.80. The molecule has 4 N–H and O–H groups in total. The maximum absolute atomic E-state index is 11.5. The largest absolute Gasteiger partial charge is 0.484 e. The fourth-order valence-electron chi connectivity index (χ4n) is 1.89. The van der Waals surface area contributed by atoms with Gasteiger partial charge in [-0.3, -0.25) is 9.59 Å². The highest BCUT2D eigenvalue weighted by Crippen LogP contribution is 2.18. The molecule has 0 spiro atoms. The van der Waals surface area contributed by atoms with Crippen LogP contribution < -0.4 is 21.1 Å². The van der Waals surface area contributed by atoms with Crippen LogP contribution in [-0.2, 0) is 16.0 Å². The van der Waals surface area contributed by atoms with E-state index >= 15 is 0 Å². The van der Waals surface area contributed by atoms with Crippen molar-refractivity contribution in [3.05, 3.63) is 29.8 Å². The van der Waals surface area contributed by atoms with Gasteiger partial charge in [-0.2, -0.15) is 0 Å². The van der Waals surface area contributed by atoms with Crippen LogP contribution in [0.4, 0.5) is 0 Å². The number of rotatable bonds is 8. The highest BCUT2D eigenvalue weighted by Gasteiger charge is 2.23. The molecule has 1 aromatic carbocycles. The maximum atomic E-state index is 11.5. The lowest BCUT2D eigenvalue weighted by molar-refractivity contribution is -0.123. The van der Waals surface area contributed by atoms with Gasteiger partial charge in [0.1, 0.15) is 5.75 Å². The zero-order chi connectivity index (χ0) is 15.9. The van der Waals surface area contributed by atoms with Gasteiger partial charge in [-0.25, -0.2) is 0 Å². The molecular weight excluding hydrogens is 282 g/mol. The van der Waals surface area contributed by atoms with E-state index < -0.39 is 6.04 Å². The fourth-order valence-corrected chi connectivity index (χ4v) is 1.89. The number of hydrogen-bond donors (Lipinski definition) is 3. The summed E-state index contributed by atoms with van der Waals surface area (Å²) in [5.74, 6) is 0.432. The Morgan fingerprint density at radius 3 is 2.59 bits per heavy atom. The Balaban J connectivity index is 1.68. The fraction of sp³-hybridized carbons (Fsp3) is 0.500. The van der Waals surface area contributed by atoms with Crippen molar-refractivity contribution in [2.75, 3.05) is 13.2 Å². The van der Waals surface area contributed by atoms with Crippen LogP contribution in [0, 0.1) is 0 Å². The number of nitrogens with one attached hydrogen (secondary N) is 2. The van der Waals surface area contributed by atoms with E-state index in [0.717, 1.165) is 24.8 Å². The van der Waals surface area contributed by atoms with Crippen LogP contribution in [0.3, 0.4) is 0 Å². The molecule has 0 aromatic heterocycles. The summed E-state index contributed by atoms with van der Waals surface area (Å²) in [6.07, 6.45) is 2.86. The van der Waals surface area contributed by atoms with E-state index in [0.29, 0.717) is 18.3 Å². The molecule has 0 saturated heterocycles. The quantitative estimate of drug-likeness (QED) is 0.646. The van der Waals surface area contributed by atoms with E-state index in [4.69, 9.17) is 10.5 Å². The predicted octanol–water partition coefficient (Wildman–Crippen LogP) is 0.350. The van der Waals surface area contributed by atoms with E-state index in [1.54, 1.807) is 6.92 Å². The van der Waals surface area contributed by atoms with Gasteiger partial charge >= 0.3 is 0 Å². The van der Waals surface area contributed by atoms with Crippen molar-refractivity contribution in [3.8, 4) is 5.75 Å². The monoisotopic (exact) mass is 305 g/mol. The Morgan fingerprint density at radius 1 is 1.32 bits per heavy atom. The molecule has 1 saturated carbocycles. The van der Waals surface area contributed by atoms with E-state index in [2.05, 4.69) is 10.6 Å². The number of carbonyl (C=O) groups is 2. The first-order valence-corrected chi connectivity index (χ1v) is 7.59. The molecule has 0 unspecified atom stereocenters. The van der Waals surface area contributed by atoms with Crippen molar-refractivity contribution in [1.82, 2.24) is 10.6 Å². The van der Waals surface area contributed by atoms with E-state index in [1.807, 2.05) is 24.3 Å². The molecule has 120 valence electrons. The van der Waals surface area contributed by atoms with Crippen molar-refractivity contribution in [3.63, 3.8) is 0 Å². The van der Waals surface area contributed by atoms with Crippen molar-refractivity contribution < 1.29 is 14.3 Å². The number of ether oxygens (including phenoxy) is 1. The van der Waals surface area contributed by atoms with Gasteiger partial charge in [0, 0.05) is 12.6 Å². The summed E-state index contributed by atoms with van der Waals surface area (Å²) >= 11 is 0. The zero-order valence-electron chi connectivity index (χ0n) is 12.8. The van der Waals surface area contributed by atoms with E-state index in [-0.39, 0.29) is 18.4 Å². The number of amides is 2. The van der Waals surface area contributed by atoms with Crippen LogP contribution in [-0.4, -0.2) is 37.0 Å². The van der Waals surface area contributed by atoms with Gasteiger partial charge in [0.25, 0.3) is 5.91 Å². The molecule has 2 rings (SSSR count). The van der Waals surface area contributed by atoms with Crippen LogP contribution in [0.2, 0.25) is 0 Å². The number of carbonyl (C=O) groups excluding carboxylic acids is 2. The molecule has 6 nitrogen and oxygen atoms in total. The summed E-state index contributed by atoms with van der Waals surface area (Å²) in [5, 5.41) is 5.63. The first-order chi connectivity index (χ1) is 10.5. The normalized spacial score (nSPS) is 15.0. The van der Waals surface area contributed by atoms with Crippen LogP contribution >= 0.6 is 0 Å². The Hall–Kier alpha value is -2.08. The first-order valence-electron chi connectivity index (χ1n) is 7.59. The van der Waals surface area contributed by atoms with Gasteiger partial charge in [0.2, 0.25) is 5.91 Å². The van der Waals surface area contributed by atoms with Crippen LogP contribution in [0.25, 0.3) is 0 Å². The van der Waals surface area contributed by atoms with Crippen molar-refractivity contribution in [2.24, 2.45) is 5.73 Å². The summed E-state index contributed by atoms with van der Waals surface area (Å²) in [6.45, 7) is 2.24. The molecule has 1 fully saturated rings. The molecule has 0 aliphatic heterocycles. The van der Waals surface area contributed by atoms with Crippen molar-refractivity contribution >= 4 is 11.8 Å². The molecule has 0 heterocycles. The maximum Gasteiger partial charge on any atom is 0.258 e. The topological polar surface area (TPSA) is 93.5 Å². The molecule has 2 amide bonds. The lowest BCUT2D eigenvalue weighted by Gasteiger charge is -2.09. The summed E-state index contributed by atoms with van der Waals surface area (Å²) in [4.78, 5) is 22.8. The molecule has 1 aromatic rings. The second kappa shape index (κ2) is 7.79. The Kier molecular flexibility index (Phi) is 5.77. The van der Waals surface area contributed by atoms with Crippen LogP contribution in [0.1, 0.15) is 25.3 Å². The van der Waals surface area contributed by atoms with Crippen molar-refractivity contribution in [1.29, 1.82) is 0 Å². The SMILES string of the molecule is C[C@H](N)C(=O)NCCc1ccc(OCC(=O)NC2CC2)cc1. The van der Waals surface area contributed by atoms with Crippen LogP contribution in [0.5, 0.6) is 5.75 Å². The molecule has 0 bridgehead atoms. The third-order valence-corrected chi connectivity index (χ3v) is 3.36. The molecule has 1 aliphatic rings. The minimum Gasteiger partial charge on any atom is -0.484 e. The molecule has 1 aliphatic carbocycles. The summed E-state index contributed by atoms with van der Waals surface area (Å²) in [7, 11) is 0. The Morgan fingerprint density at radius 2 is 2.00 bits per heavy atom. The summed E-state index contributed by atoms with van der Waals surface area (Å²) < 4.78 is 5.43. The average Bonchev–Trinajstić information content (AvgIpc) is 3.30. The third-order valence-electron chi connectivity index (χ3n) is 3.36. The average molecular weight is 305 g/mol. The van der Waals surface area contributed by atoms with Gasteiger partial charge in [-0.1, -0.05) is 12.1 Å². The van der Waals surface area contributed by atoms with Gasteiger partial charge in [-0.15, -0.1) is 0 Å². The number of nitrogens with two attached hydrogens (primary N) is 1. The standard InChI is InChI=1S/C16H23N3O3/c1-11(17)16(21)18-9-8-12-2-6-14(7-3-12)22-10-15(20)19-13-4-5-13/h2-3,6-7,11,13H,4-5,8-10,17H2,1H3,(H,18,21)(H,19,20)/t11-/m0/s1. The van der Waals surface area contributed by atoms with Gasteiger partial charge in [0.15, 0.2) is 6.61 Å². The smallest absolute Gasteiger partial charge is 0.258 e. The minimum atomic E-state index is -0.488. The predicted molar refractivity (Wildman–Crippen MR) is 83.5 cm³/mol. The van der Waals surface area contributed by atoms with E-state index in [9.17, 15) is 9.59 Å². The zero-order valence-corrected chi connectivity index (χ0v) is 12.8. The summed E-state index contributed by atoms with van der Waals surface area (Å²) in [6, 6.07) is 7.36. The second-order valence-electron chi connectivity index (χ2n) is 5.60. The summed E-state index contributed by atoms with van der Waals surface area (Å²) in [5.41, 5.74) is 6.55. The molecule has 0 radical (unpaired) electrons. The highest BCUT2D eigenvalue weighted by atomic mass is 16.5. The number of hydrogen-bond acceptors (Lipinski definition) is 4. The lowest BCUT2D eigenvalue weighted by Crippen LogP contribution is -2.39. The molecule has 6 heteroatoms. The van der Waals surface area contributed by atoms with Crippen molar-refractivity contribution in [2.45, 2.75) is 38.3 Å². The van der Waals surface area contributed by atoms with Gasteiger partial charge < -0.3 is 21.1 Å². The first kappa shape index (κ1) is 16.3. The lowest BCUT2D eigenvalue weighted by atomic mass is 10.1. The Labute approximate surface area is 130 Å². The van der Waals surface area contributed by atoms with E-state index in [1.165, 1.54) is 0 Å². The number of benzene rings is 1. The third kappa shape index (κ3) is 5.73.